The maximum Gasteiger partial charge on any atom is 0.0312 e. The molecule has 0 saturated carbocycles. The molecule has 0 aromatic heterocycles. The summed E-state index contributed by atoms with van der Waals surface area (Å²) in [5, 5.41) is 3.87. The lowest BCUT2D eigenvalue weighted by Crippen LogP contribution is -2.51. The van der Waals surface area contributed by atoms with Crippen molar-refractivity contribution < 1.29 is 0 Å². The molecule has 0 aliphatic carbocycles. The van der Waals surface area contributed by atoms with E-state index in [0.717, 1.165) is 12.1 Å². The van der Waals surface area contributed by atoms with E-state index in [2.05, 4.69) is 17.1 Å². The van der Waals surface area contributed by atoms with Crippen LogP contribution in [-0.2, 0) is 0 Å². The molecule has 3 aliphatic heterocycles. The van der Waals surface area contributed by atoms with Crippen LogP contribution in [0.15, 0.2) is 0 Å². The van der Waals surface area contributed by atoms with Crippen LogP contribution in [0.3, 0.4) is 0 Å². The Morgan fingerprint density at radius 2 is 2.00 bits per heavy atom. The van der Waals surface area contributed by atoms with Crippen LogP contribution in [0, 0.1) is 0 Å². The number of hydrogen-bond donors (Lipinski definition) is 1. The molecule has 2 bridgehead atoms. The fourth-order valence-electron chi connectivity index (χ4n) is 3.88. The zero-order valence-electron chi connectivity index (χ0n) is 9.97. The minimum atomic E-state index is 0.524. The second-order valence-corrected chi connectivity index (χ2v) is 6.01. The molecule has 3 fully saturated rings. The van der Waals surface area contributed by atoms with Crippen LogP contribution in [0.5, 0.6) is 0 Å². The predicted octanol–water partition coefficient (Wildman–Crippen LogP) is 2.15. The highest BCUT2D eigenvalue weighted by Crippen LogP contribution is 2.38. The summed E-state index contributed by atoms with van der Waals surface area (Å²) < 4.78 is 0. The molecule has 0 aromatic rings. The molecule has 0 spiro atoms. The molecule has 1 N–H and O–H groups in total. The van der Waals surface area contributed by atoms with Gasteiger partial charge in [0.15, 0.2) is 0 Å². The minimum Gasteiger partial charge on any atom is -0.307 e. The number of nitrogens with one attached hydrogen (secondary N) is 1. The lowest BCUT2D eigenvalue weighted by atomic mass is 9.86. The van der Waals surface area contributed by atoms with Crippen LogP contribution in [0.4, 0.5) is 0 Å². The molecular weight excluding hydrogens is 184 g/mol. The third kappa shape index (κ3) is 1.83. The highest BCUT2D eigenvalue weighted by atomic mass is 15.2. The number of fused-ring (bicyclic) bond motifs is 2. The summed E-state index contributed by atoms with van der Waals surface area (Å²) in [5.41, 5.74) is 0.524. The van der Waals surface area contributed by atoms with Crippen molar-refractivity contribution in [1.29, 1.82) is 0 Å². The second-order valence-electron chi connectivity index (χ2n) is 6.01. The van der Waals surface area contributed by atoms with Crippen LogP contribution in [-0.4, -0.2) is 35.6 Å². The Balaban J connectivity index is 1.64. The van der Waals surface area contributed by atoms with Gasteiger partial charge in [-0.2, -0.15) is 0 Å². The van der Waals surface area contributed by atoms with E-state index in [-0.39, 0.29) is 0 Å². The van der Waals surface area contributed by atoms with Crippen LogP contribution in [0.25, 0.3) is 0 Å². The van der Waals surface area contributed by atoms with Gasteiger partial charge >= 0.3 is 0 Å². The summed E-state index contributed by atoms with van der Waals surface area (Å²) in [6.07, 6.45) is 10.0. The molecule has 0 radical (unpaired) electrons. The van der Waals surface area contributed by atoms with Gasteiger partial charge in [-0.05, 0) is 52.0 Å². The molecular formula is C13H24N2. The van der Waals surface area contributed by atoms with E-state index >= 15 is 0 Å². The largest absolute Gasteiger partial charge is 0.307 e. The molecule has 0 amide bonds. The molecule has 2 nitrogen and oxygen atoms in total. The SMILES string of the molecule is CC1CCCCN1CC12CCC(CC1)N2. The number of piperidine rings is 1. The van der Waals surface area contributed by atoms with Gasteiger partial charge < -0.3 is 5.32 Å². The Morgan fingerprint density at radius 1 is 1.20 bits per heavy atom. The van der Waals surface area contributed by atoms with Crippen LogP contribution >= 0.6 is 0 Å². The van der Waals surface area contributed by atoms with Gasteiger partial charge in [0.2, 0.25) is 0 Å². The van der Waals surface area contributed by atoms with Crippen LogP contribution in [0.2, 0.25) is 0 Å². The molecule has 0 aromatic carbocycles. The molecule has 1 unspecified atom stereocenters. The average Bonchev–Trinajstić information content (AvgIpc) is 2.81. The van der Waals surface area contributed by atoms with Gasteiger partial charge in [-0.1, -0.05) is 6.42 Å². The van der Waals surface area contributed by atoms with Crippen molar-refractivity contribution >= 4 is 0 Å². The molecule has 3 saturated heterocycles. The molecule has 3 heterocycles. The summed E-state index contributed by atoms with van der Waals surface area (Å²) in [5.74, 6) is 0. The summed E-state index contributed by atoms with van der Waals surface area (Å²) >= 11 is 0. The summed E-state index contributed by atoms with van der Waals surface area (Å²) in [7, 11) is 0. The van der Waals surface area contributed by atoms with Crippen molar-refractivity contribution in [2.24, 2.45) is 0 Å². The van der Waals surface area contributed by atoms with E-state index in [1.807, 2.05) is 0 Å². The van der Waals surface area contributed by atoms with Crippen molar-refractivity contribution in [2.75, 3.05) is 13.1 Å². The standard InChI is InChI=1S/C13H24N2/c1-11-4-2-3-9-15(11)10-13-7-5-12(14-13)6-8-13/h11-12,14H,2-10H2,1H3. The molecule has 3 rings (SSSR count). The van der Waals surface area contributed by atoms with Crippen molar-refractivity contribution in [3.8, 4) is 0 Å². The van der Waals surface area contributed by atoms with E-state index in [1.54, 1.807) is 0 Å². The molecule has 86 valence electrons. The lowest BCUT2D eigenvalue weighted by molar-refractivity contribution is 0.118. The van der Waals surface area contributed by atoms with Crippen LogP contribution < -0.4 is 5.32 Å². The van der Waals surface area contributed by atoms with E-state index in [1.165, 1.54) is 58.0 Å². The van der Waals surface area contributed by atoms with Gasteiger partial charge in [0.1, 0.15) is 0 Å². The Kier molecular flexibility index (Phi) is 2.52. The number of nitrogens with zero attached hydrogens (tertiary/aromatic N) is 1. The first-order valence-corrected chi connectivity index (χ1v) is 6.79. The molecule has 15 heavy (non-hydrogen) atoms. The van der Waals surface area contributed by atoms with Gasteiger partial charge in [0.05, 0.1) is 0 Å². The van der Waals surface area contributed by atoms with Crippen molar-refractivity contribution in [2.45, 2.75) is 69.5 Å². The first-order valence-electron chi connectivity index (χ1n) is 6.79. The fraction of sp³-hybridized carbons (Fsp3) is 1.00. The second kappa shape index (κ2) is 3.74. The van der Waals surface area contributed by atoms with E-state index in [9.17, 15) is 0 Å². The summed E-state index contributed by atoms with van der Waals surface area (Å²) in [4.78, 5) is 2.74. The Morgan fingerprint density at radius 3 is 2.60 bits per heavy atom. The number of hydrogen-bond acceptors (Lipinski definition) is 2. The van der Waals surface area contributed by atoms with E-state index in [4.69, 9.17) is 0 Å². The third-order valence-corrected chi connectivity index (χ3v) is 4.90. The summed E-state index contributed by atoms with van der Waals surface area (Å²) in [6, 6.07) is 1.69. The van der Waals surface area contributed by atoms with E-state index in [0.29, 0.717) is 5.54 Å². The van der Waals surface area contributed by atoms with Gasteiger partial charge in [-0.3, -0.25) is 4.90 Å². The normalized spacial score (nSPS) is 46.2. The van der Waals surface area contributed by atoms with Gasteiger partial charge in [0, 0.05) is 24.2 Å². The number of likely N-dealkylation sites (tertiary alicyclic amines) is 1. The molecule has 1 atom stereocenters. The Hall–Kier alpha value is -0.0800. The molecule has 2 heteroatoms. The number of rotatable bonds is 2. The highest BCUT2D eigenvalue weighted by molar-refractivity contribution is 5.06. The third-order valence-electron chi connectivity index (χ3n) is 4.90. The van der Waals surface area contributed by atoms with Gasteiger partial charge in [-0.15, -0.1) is 0 Å². The van der Waals surface area contributed by atoms with Crippen LogP contribution in [0.1, 0.15) is 51.9 Å². The minimum absolute atomic E-state index is 0.524. The van der Waals surface area contributed by atoms with Gasteiger partial charge in [0.25, 0.3) is 0 Å². The zero-order chi connectivity index (χ0) is 10.3. The highest BCUT2D eigenvalue weighted by Gasteiger charge is 2.45. The quantitative estimate of drug-likeness (QED) is 0.748. The van der Waals surface area contributed by atoms with Gasteiger partial charge in [-0.25, -0.2) is 0 Å². The average molecular weight is 208 g/mol. The Labute approximate surface area is 93.4 Å². The zero-order valence-corrected chi connectivity index (χ0v) is 9.97. The first kappa shape index (κ1) is 10.1. The molecule has 3 aliphatic rings. The summed E-state index contributed by atoms with van der Waals surface area (Å²) in [6.45, 7) is 5.08. The maximum absolute atomic E-state index is 3.87. The van der Waals surface area contributed by atoms with Crippen molar-refractivity contribution in [1.82, 2.24) is 10.2 Å². The smallest absolute Gasteiger partial charge is 0.0312 e. The topological polar surface area (TPSA) is 15.3 Å². The fourth-order valence-corrected chi connectivity index (χ4v) is 3.88. The lowest BCUT2D eigenvalue weighted by Gasteiger charge is -2.39. The Bertz CT molecular complexity index is 231. The maximum atomic E-state index is 3.87. The van der Waals surface area contributed by atoms with E-state index < -0.39 is 0 Å². The first-order chi connectivity index (χ1) is 7.27. The predicted molar refractivity (Wildman–Crippen MR) is 63.0 cm³/mol. The van der Waals surface area contributed by atoms with Crippen molar-refractivity contribution in [3.05, 3.63) is 0 Å². The monoisotopic (exact) mass is 208 g/mol. The van der Waals surface area contributed by atoms with Crippen molar-refractivity contribution in [3.63, 3.8) is 0 Å².